The van der Waals surface area contributed by atoms with Crippen LogP contribution in [0.1, 0.15) is 13.8 Å². The zero-order valence-corrected chi connectivity index (χ0v) is 10.8. The summed E-state index contributed by atoms with van der Waals surface area (Å²) in [5.41, 5.74) is 1.94. The molecule has 2 rings (SSSR count). The van der Waals surface area contributed by atoms with Crippen LogP contribution in [0.15, 0.2) is 36.7 Å². The van der Waals surface area contributed by atoms with Gasteiger partial charge in [-0.05, 0) is 19.9 Å². The Morgan fingerprint density at radius 2 is 1.78 bits per heavy atom. The molecular formula is C14H17N3O. The SMILES string of the molecule is COc1ccccc1-c1cnc(NC(C)C)nc1. The fourth-order valence-corrected chi connectivity index (χ4v) is 1.68. The summed E-state index contributed by atoms with van der Waals surface area (Å²) in [7, 11) is 1.66. The lowest BCUT2D eigenvalue weighted by Crippen LogP contribution is -2.12. The first-order chi connectivity index (χ1) is 8.70. The number of aromatic nitrogens is 2. The molecule has 0 saturated carbocycles. The molecule has 4 heteroatoms. The minimum atomic E-state index is 0.321. The third-order valence-electron chi connectivity index (χ3n) is 2.49. The van der Waals surface area contributed by atoms with E-state index in [1.54, 1.807) is 19.5 Å². The molecule has 0 radical (unpaired) electrons. The highest BCUT2D eigenvalue weighted by Crippen LogP contribution is 2.28. The molecule has 0 spiro atoms. The zero-order valence-electron chi connectivity index (χ0n) is 10.8. The molecule has 94 valence electrons. The maximum absolute atomic E-state index is 5.32. The Balaban J connectivity index is 2.28. The van der Waals surface area contributed by atoms with Crippen molar-refractivity contribution in [3.05, 3.63) is 36.7 Å². The second kappa shape index (κ2) is 5.49. The number of hydrogen-bond acceptors (Lipinski definition) is 4. The van der Waals surface area contributed by atoms with Crippen molar-refractivity contribution in [2.24, 2.45) is 0 Å². The van der Waals surface area contributed by atoms with Gasteiger partial charge in [0.2, 0.25) is 5.95 Å². The van der Waals surface area contributed by atoms with Crippen molar-refractivity contribution in [1.29, 1.82) is 0 Å². The van der Waals surface area contributed by atoms with Gasteiger partial charge in [0.1, 0.15) is 5.75 Å². The van der Waals surface area contributed by atoms with E-state index >= 15 is 0 Å². The first kappa shape index (κ1) is 12.4. The lowest BCUT2D eigenvalue weighted by atomic mass is 10.1. The molecule has 1 aromatic heterocycles. The van der Waals surface area contributed by atoms with Crippen LogP contribution < -0.4 is 10.1 Å². The van der Waals surface area contributed by atoms with Crippen molar-refractivity contribution in [2.75, 3.05) is 12.4 Å². The Morgan fingerprint density at radius 1 is 1.11 bits per heavy atom. The van der Waals surface area contributed by atoms with Gasteiger partial charge < -0.3 is 10.1 Å². The van der Waals surface area contributed by atoms with Crippen molar-refractivity contribution in [3.63, 3.8) is 0 Å². The van der Waals surface area contributed by atoms with Crippen LogP contribution in [-0.2, 0) is 0 Å². The van der Waals surface area contributed by atoms with Crippen LogP contribution in [0, 0.1) is 0 Å². The van der Waals surface area contributed by atoms with Gasteiger partial charge in [-0.25, -0.2) is 9.97 Å². The molecule has 4 nitrogen and oxygen atoms in total. The fraction of sp³-hybridized carbons (Fsp3) is 0.286. The van der Waals surface area contributed by atoms with E-state index in [-0.39, 0.29) is 0 Å². The Kier molecular flexibility index (Phi) is 3.77. The molecule has 0 aliphatic rings. The molecule has 0 amide bonds. The van der Waals surface area contributed by atoms with Crippen molar-refractivity contribution in [1.82, 2.24) is 9.97 Å². The minimum absolute atomic E-state index is 0.321. The van der Waals surface area contributed by atoms with Gasteiger partial charge in [-0.3, -0.25) is 0 Å². The Hall–Kier alpha value is -2.10. The van der Waals surface area contributed by atoms with E-state index in [1.807, 2.05) is 24.3 Å². The summed E-state index contributed by atoms with van der Waals surface area (Å²) in [6, 6.07) is 8.15. The molecule has 0 fully saturated rings. The van der Waals surface area contributed by atoms with E-state index in [9.17, 15) is 0 Å². The second-order valence-electron chi connectivity index (χ2n) is 4.29. The number of anilines is 1. The molecule has 0 aliphatic carbocycles. The van der Waals surface area contributed by atoms with Crippen LogP contribution in [0.3, 0.4) is 0 Å². The average molecular weight is 243 g/mol. The van der Waals surface area contributed by atoms with Gasteiger partial charge in [0, 0.05) is 29.6 Å². The Morgan fingerprint density at radius 3 is 2.39 bits per heavy atom. The molecule has 0 aliphatic heterocycles. The number of nitrogens with one attached hydrogen (secondary N) is 1. The van der Waals surface area contributed by atoms with Gasteiger partial charge in [0.15, 0.2) is 0 Å². The molecule has 1 aromatic carbocycles. The van der Waals surface area contributed by atoms with Gasteiger partial charge in [0.25, 0.3) is 0 Å². The minimum Gasteiger partial charge on any atom is -0.496 e. The van der Waals surface area contributed by atoms with Gasteiger partial charge in [-0.15, -0.1) is 0 Å². The molecule has 1 heterocycles. The number of hydrogen-bond donors (Lipinski definition) is 1. The quantitative estimate of drug-likeness (QED) is 0.896. The van der Waals surface area contributed by atoms with E-state index in [4.69, 9.17) is 4.74 Å². The number of nitrogens with zero attached hydrogens (tertiary/aromatic N) is 2. The second-order valence-corrected chi connectivity index (χ2v) is 4.29. The lowest BCUT2D eigenvalue weighted by molar-refractivity contribution is 0.416. The van der Waals surface area contributed by atoms with E-state index in [1.165, 1.54) is 0 Å². The van der Waals surface area contributed by atoms with Gasteiger partial charge in [0.05, 0.1) is 7.11 Å². The summed E-state index contributed by atoms with van der Waals surface area (Å²) in [5, 5.41) is 3.16. The highest BCUT2D eigenvalue weighted by Gasteiger charge is 2.06. The fourth-order valence-electron chi connectivity index (χ4n) is 1.68. The summed E-state index contributed by atoms with van der Waals surface area (Å²) in [6.07, 6.45) is 3.60. The predicted octanol–water partition coefficient (Wildman–Crippen LogP) is 2.97. The number of methoxy groups -OCH3 is 1. The summed E-state index contributed by atoms with van der Waals surface area (Å²) in [4.78, 5) is 8.59. The number of benzene rings is 1. The molecule has 0 saturated heterocycles. The normalized spacial score (nSPS) is 10.4. The van der Waals surface area contributed by atoms with Gasteiger partial charge in [-0.2, -0.15) is 0 Å². The van der Waals surface area contributed by atoms with Crippen LogP contribution >= 0.6 is 0 Å². The van der Waals surface area contributed by atoms with E-state index in [2.05, 4.69) is 29.1 Å². The Labute approximate surface area is 107 Å². The van der Waals surface area contributed by atoms with Crippen LogP contribution in [0.5, 0.6) is 5.75 Å². The predicted molar refractivity (Wildman–Crippen MR) is 72.8 cm³/mol. The number of para-hydroxylation sites is 1. The highest BCUT2D eigenvalue weighted by atomic mass is 16.5. The Bertz CT molecular complexity index is 509. The molecule has 0 atom stereocenters. The third kappa shape index (κ3) is 2.77. The first-order valence-corrected chi connectivity index (χ1v) is 5.92. The third-order valence-corrected chi connectivity index (χ3v) is 2.49. The molecule has 0 unspecified atom stereocenters. The molecule has 1 N–H and O–H groups in total. The van der Waals surface area contributed by atoms with Crippen LogP contribution in [0.4, 0.5) is 5.95 Å². The van der Waals surface area contributed by atoms with Crippen LogP contribution in [0.2, 0.25) is 0 Å². The van der Waals surface area contributed by atoms with Crippen molar-refractivity contribution < 1.29 is 4.74 Å². The summed E-state index contributed by atoms with van der Waals surface area (Å²) in [6.45, 7) is 4.11. The smallest absolute Gasteiger partial charge is 0.222 e. The van der Waals surface area contributed by atoms with Gasteiger partial charge in [-0.1, -0.05) is 18.2 Å². The maximum atomic E-state index is 5.32. The largest absolute Gasteiger partial charge is 0.496 e. The van der Waals surface area contributed by atoms with Crippen LogP contribution in [0.25, 0.3) is 11.1 Å². The maximum Gasteiger partial charge on any atom is 0.222 e. The summed E-state index contributed by atoms with van der Waals surface area (Å²) < 4.78 is 5.32. The van der Waals surface area contributed by atoms with E-state index < -0.39 is 0 Å². The van der Waals surface area contributed by atoms with Crippen molar-refractivity contribution >= 4 is 5.95 Å². The average Bonchev–Trinajstić information content (AvgIpc) is 2.39. The molecular weight excluding hydrogens is 226 g/mol. The lowest BCUT2D eigenvalue weighted by Gasteiger charge is -2.10. The molecule has 0 bridgehead atoms. The van der Waals surface area contributed by atoms with E-state index in [0.717, 1.165) is 16.9 Å². The first-order valence-electron chi connectivity index (χ1n) is 5.92. The van der Waals surface area contributed by atoms with Crippen molar-refractivity contribution in [2.45, 2.75) is 19.9 Å². The topological polar surface area (TPSA) is 47.0 Å². The highest BCUT2D eigenvalue weighted by molar-refractivity contribution is 5.69. The molecule has 18 heavy (non-hydrogen) atoms. The van der Waals surface area contributed by atoms with Crippen LogP contribution in [-0.4, -0.2) is 23.1 Å². The standard InChI is InChI=1S/C14H17N3O/c1-10(2)17-14-15-8-11(9-16-14)12-6-4-5-7-13(12)18-3/h4-10H,1-3H3,(H,15,16,17). The monoisotopic (exact) mass is 243 g/mol. The number of ether oxygens (including phenoxy) is 1. The summed E-state index contributed by atoms with van der Waals surface area (Å²) in [5.74, 6) is 1.47. The van der Waals surface area contributed by atoms with Crippen molar-refractivity contribution in [3.8, 4) is 16.9 Å². The summed E-state index contributed by atoms with van der Waals surface area (Å²) >= 11 is 0. The number of rotatable bonds is 4. The van der Waals surface area contributed by atoms with Gasteiger partial charge >= 0.3 is 0 Å². The molecule has 2 aromatic rings. The van der Waals surface area contributed by atoms with E-state index in [0.29, 0.717) is 12.0 Å². The zero-order chi connectivity index (χ0) is 13.0.